The average Bonchev–Trinajstić information content (AvgIpc) is 2.48. The first-order chi connectivity index (χ1) is 10.0. The second kappa shape index (κ2) is 6.52. The van der Waals surface area contributed by atoms with E-state index in [-0.39, 0.29) is 18.3 Å². The van der Waals surface area contributed by atoms with Crippen LogP contribution in [0, 0.1) is 17.7 Å². The summed E-state index contributed by atoms with van der Waals surface area (Å²) in [4.78, 5) is 25.1. The number of carboxylic acid groups (broad SMARTS) is 1. The van der Waals surface area contributed by atoms with Crippen molar-refractivity contribution in [3.05, 3.63) is 47.8 Å². The maximum atomic E-state index is 13.6. The van der Waals surface area contributed by atoms with Crippen molar-refractivity contribution in [1.29, 1.82) is 0 Å². The fourth-order valence-electron chi connectivity index (χ4n) is 2.60. The Hall–Kier alpha value is -2.17. The van der Waals surface area contributed by atoms with Crippen LogP contribution in [0.4, 0.5) is 4.39 Å². The molecule has 21 heavy (non-hydrogen) atoms. The molecule has 0 saturated heterocycles. The average molecular weight is 291 g/mol. The Kier molecular flexibility index (Phi) is 4.73. The van der Waals surface area contributed by atoms with Crippen LogP contribution in [0.25, 0.3) is 0 Å². The number of benzene rings is 1. The van der Waals surface area contributed by atoms with Gasteiger partial charge >= 0.3 is 5.97 Å². The fraction of sp³-hybridized carbons (Fsp3) is 0.375. The van der Waals surface area contributed by atoms with Gasteiger partial charge in [0.2, 0.25) is 5.91 Å². The lowest BCUT2D eigenvalue weighted by molar-refractivity contribution is -0.150. The van der Waals surface area contributed by atoms with Crippen LogP contribution in [-0.4, -0.2) is 28.9 Å². The van der Waals surface area contributed by atoms with Gasteiger partial charge in [0.25, 0.3) is 0 Å². The molecular weight excluding hydrogens is 273 g/mol. The Balaban J connectivity index is 2.10. The highest BCUT2D eigenvalue weighted by Crippen LogP contribution is 2.28. The highest BCUT2D eigenvalue weighted by Gasteiger charge is 2.35. The molecule has 0 bridgehead atoms. The van der Waals surface area contributed by atoms with Crippen LogP contribution >= 0.6 is 0 Å². The van der Waals surface area contributed by atoms with Crippen molar-refractivity contribution >= 4 is 11.9 Å². The Labute approximate surface area is 122 Å². The van der Waals surface area contributed by atoms with Gasteiger partial charge in [-0.15, -0.1) is 0 Å². The third kappa shape index (κ3) is 3.48. The van der Waals surface area contributed by atoms with E-state index in [0.29, 0.717) is 18.4 Å². The first-order valence-corrected chi connectivity index (χ1v) is 6.87. The van der Waals surface area contributed by atoms with Gasteiger partial charge in [0.05, 0.1) is 11.8 Å². The molecule has 1 aromatic rings. The number of halogens is 1. The lowest BCUT2D eigenvalue weighted by Gasteiger charge is -2.28. The number of carbonyl (C=O) groups excluding carboxylic acids is 1. The van der Waals surface area contributed by atoms with Gasteiger partial charge in [0.1, 0.15) is 5.82 Å². The van der Waals surface area contributed by atoms with Gasteiger partial charge in [-0.2, -0.15) is 0 Å². The predicted octanol–water partition coefficient (Wildman–Crippen LogP) is 2.45. The predicted molar refractivity (Wildman–Crippen MR) is 75.9 cm³/mol. The maximum Gasteiger partial charge on any atom is 0.307 e. The number of carboxylic acids is 1. The second-order valence-corrected chi connectivity index (χ2v) is 5.28. The highest BCUT2D eigenvalue weighted by atomic mass is 19.1. The molecule has 1 aliphatic carbocycles. The van der Waals surface area contributed by atoms with Crippen molar-refractivity contribution in [3.63, 3.8) is 0 Å². The van der Waals surface area contributed by atoms with Crippen LogP contribution in [0.5, 0.6) is 0 Å². The molecule has 5 heteroatoms. The topological polar surface area (TPSA) is 57.6 Å². The molecular formula is C16H18FNO3. The van der Waals surface area contributed by atoms with Crippen molar-refractivity contribution < 1.29 is 19.1 Å². The first kappa shape index (κ1) is 15.2. The lowest BCUT2D eigenvalue weighted by atomic mass is 9.82. The van der Waals surface area contributed by atoms with E-state index in [1.54, 1.807) is 31.3 Å². The summed E-state index contributed by atoms with van der Waals surface area (Å²) in [7, 11) is 1.58. The van der Waals surface area contributed by atoms with Crippen molar-refractivity contribution in [2.75, 3.05) is 7.05 Å². The summed E-state index contributed by atoms with van der Waals surface area (Å²) in [6.07, 6.45) is 4.40. The van der Waals surface area contributed by atoms with Gasteiger partial charge in [-0.1, -0.05) is 30.4 Å². The summed E-state index contributed by atoms with van der Waals surface area (Å²) < 4.78 is 13.6. The van der Waals surface area contributed by atoms with E-state index in [2.05, 4.69) is 0 Å². The molecule has 0 saturated carbocycles. The van der Waals surface area contributed by atoms with Crippen LogP contribution in [0.15, 0.2) is 36.4 Å². The number of allylic oxidation sites excluding steroid dienone is 2. The van der Waals surface area contributed by atoms with Gasteiger partial charge < -0.3 is 10.0 Å². The van der Waals surface area contributed by atoms with E-state index in [0.717, 1.165) is 0 Å². The van der Waals surface area contributed by atoms with Gasteiger partial charge in [0.15, 0.2) is 0 Å². The molecule has 0 aromatic heterocycles. The van der Waals surface area contributed by atoms with Crippen molar-refractivity contribution in [2.45, 2.75) is 19.4 Å². The molecule has 0 aliphatic heterocycles. The number of carbonyl (C=O) groups is 2. The normalized spacial score (nSPS) is 21.0. The van der Waals surface area contributed by atoms with E-state index in [1.165, 1.54) is 11.0 Å². The minimum Gasteiger partial charge on any atom is -0.481 e. The number of amides is 1. The van der Waals surface area contributed by atoms with Gasteiger partial charge in [-0.05, 0) is 18.9 Å². The Morgan fingerprint density at radius 3 is 2.48 bits per heavy atom. The zero-order valence-corrected chi connectivity index (χ0v) is 11.8. The fourth-order valence-corrected chi connectivity index (χ4v) is 2.60. The van der Waals surface area contributed by atoms with Gasteiger partial charge in [0, 0.05) is 19.2 Å². The summed E-state index contributed by atoms with van der Waals surface area (Å²) in [5.41, 5.74) is 0.423. The molecule has 4 nitrogen and oxygen atoms in total. The monoisotopic (exact) mass is 291 g/mol. The number of rotatable bonds is 4. The quantitative estimate of drug-likeness (QED) is 0.867. The van der Waals surface area contributed by atoms with Crippen LogP contribution < -0.4 is 0 Å². The van der Waals surface area contributed by atoms with Crippen molar-refractivity contribution in [2.24, 2.45) is 11.8 Å². The number of hydrogen-bond donors (Lipinski definition) is 1. The molecule has 1 N–H and O–H groups in total. The molecule has 1 amide bonds. The van der Waals surface area contributed by atoms with Crippen LogP contribution in [-0.2, 0) is 16.1 Å². The molecule has 2 atom stereocenters. The van der Waals surface area contributed by atoms with Crippen molar-refractivity contribution in [3.8, 4) is 0 Å². The van der Waals surface area contributed by atoms with Crippen LogP contribution in [0.2, 0.25) is 0 Å². The number of hydrogen-bond acceptors (Lipinski definition) is 2. The smallest absolute Gasteiger partial charge is 0.307 e. The van der Waals surface area contributed by atoms with Gasteiger partial charge in [-0.3, -0.25) is 9.59 Å². The molecule has 0 spiro atoms. The third-order valence-electron chi connectivity index (χ3n) is 3.81. The molecule has 0 fully saturated rings. The summed E-state index contributed by atoms with van der Waals surface area (Å²) in [5.74, 6) is -2.86. The molecule has 1 aromatic carbocycles. The zero-order chi connectivity index (χ0) is 15.4. The van der Waals surface area contributed by atoms with E-state index in [9.17, 15) is 19.1 Å². The summed E-state index contributed by atoms with van der Waals surface area (Å²) in [6.45, 7) is 0.137. The van der Waals surface area contributed by atoms with Gasteiger partial charge in [-0.25, -0.2) is 4.39 Å². The molecule has 0 radical (unpaired) electrons. The SMILES string of the molecule is CN(Cc1ccccc1F)C(=O)C1CC=CCC1C(=O)O. The summed E-state index contributed by atoms with van der Waals surface area (Å²) >= 11 is 0. The van der Waals surface area contributed by atoms with E-state index in [1.807, 2.05) is 6.08 Å². The van der Waals surface area contributed by atoms with E-state index >= 15 is 0 Å². The minimum atomic E-state index is -0.961. The summed E-state index contributed by atoms with van der Waals surface area (Å²) in [6, 6.07) is 6.26. The molecule has 0 heterocycles. The zero-order valence-electron chi connectivity index (χ0n) is 11.8. The van der Waals surface area contributed by atoms with Crippen LogP contribution in [0.1, 0.15) is 18.4 Å². The highest BCUT2D eigenvalue weighted by molar-refractivity contribution is 5.85. The Morgan fingerprint density at radius 2 is 1.86 bits per heavy atom. The third-order valence-corrected chi connectivity index (χ3v) is 3.81. The molecule has 2 unspecified atom stereocenters. The second-order valence-electron chi connectivity index (χ2n) is 5.28. The first-order valence-electron chi connectivity index (χ1n) is 6.87. The number of nitrogens with zero attached hydrogens (tertiary/aromatic N) is 1. The molecule has 1 aliphatic rings. The maximum absolute atomic E-state index is 13.6. The Morgan fingerprint density at radius 1 is 1.24 bits per heavy atom. The van der Waals surface area contributed by atoms with Crippen LogP contribution in [0.3, 0.4) is 0 Å². The largest absolute Gasteiger partial charge is 0.481 e. The number of aliphatic carboxylic acids is 1. The van der Waals surface area contributed by atoms with E-state index in [4.69, 9.17) is 0 Å². The lowest BCUT2D eigenvalue weighted by Crippen LogP contribution is -2.39. The summed E-state index contributed by atoms with van der Waals surface area (Å²) in [5, 5.41) is 9.21. The standard InChI is InChI=1S/C16H18FNO3/c1-18(10-11-6-2-5-9-14(11)17)15(19)12-7-3-4-8-13(12)16(20)21/h2-6,9,12-13H,7-8,10H2,1H3,(H,20,21). The Bertz CT molecular complexity index is 570. The van der Waals surface area contributed by atoms with Crippen molar-refractivity contribution in [1.82, 2.24) is 4.90 Å². The molecule has 112 valence electrons. The minimum absolute atomic E-state index is 0.137. The van der Waals surface area contributed by atoms with E-state index < -0.39 is 17.8 Å². The molecule has 2 rings (SSSR count).